The number of carbonyl (C=O) groups is 1. The summed E-state index contributed by atoms with van der Waals surface area (Å²) in [4.78, 5) is 14.4. The Hall–Kier alpha value is -1.09. The molecule has 1 heterocycles. The van der Waals surface area contributed by atoms with Crippen LogP contribution in [-0.4, -0.2) is 16.1 Å². The van der Waals surface area contributed by atoms with E-state index in [1.165, 1.54) is 0 Å². The molecule has 0 atom stereocenters. The maximum Gasteiger partial charge on any atom is 0.303 e. The first-order chi connectivity index (χ1) is 6.59. The molecule has 76 valence electrons. The Morgan fingerprint density at radius 3 is 2.93 bits per heavy atom. The Morgan fingerprint density at radius 1 is 1.64 bits per heavy atom. The molecule has 0 saturated carbocycles. The van der Waals surface area contributed by atoms with Crippen LogP contribution in [-0.2, 0) is 11.2 Å². The van der Waals surface area contributed by atoms with Crippen LogP contribution in [0.1, 0.15) is 24.1 Å². The molecular weight excluding hydrogens is 202 g/mol. The van der Waals surface area contributed by atoms with Crippen molar-refractivity contribution >= 4 is 17.6 Å². The van der Waals surface area contributed by atoms with Crippen molar-refractivity contribution in [2.24, 2.45) is 0 Å². The van der Waals surface area contributed by atoms with Crippen molar-refractivity contribution in [1.29, 1.82) is 0 Å². The molecule has 1 aromatic heterocycles. The van der Waals surface area contributed by atoms with E-state index in [1.54, 1.807) is 6.20 Å². The Bertz CT molecular complexity index is 339. The molecule has 0 aliphatic carbocycles. The van der Waals surface area contributed by atoms with E-state index in [-0.39, 0.29) is 6.42 Å². The number of nitrogens with zero attached hydrogens (tertiary/aromatic N) is 1. The highest BCUT2D eigenvalue weighted by molar-refractivity contribution is 6.31. The van der Waals surface area contributed by atoms with Crippen LogP contribution in [0.25, 0.3) is 0 Å². The first kappa shape index (κ1) is 11.0. The molecule has 0 fully saturated rings. The SMILES string of the molecule is Cc1cc(CCCC(=O)O)ncc1Cl. The minimum atomic E-state index is -0.768. The summed E-state index contributed by atoms with van der Waals surface area (Å²) in [5, 5.41) is 9.09. The van der Waals surface area contributed by atoms with E-state index in [1.807, 2.05) is 13.0 Å². The van der Waals surface area contributed by atoms with E-state index in [4.69, 9.17) is 16.7 Å². The number of rotatable bonds is 4. The fourth-order valence-corrected chi connectivity index (χ4v) is 1.26. The van der Waals surface area contributed by atoms with Gasteiger partial charge in [-0.25, -0.2) is 0 Å². The van der Waals surface area contributed by atoms with Crippen LogP contribution >= 0.6 is 11.6 Å². The van der Waals surface area contributed by atoms with Gasteiger partial charge in [0.2, 0.25) is 0 Å². The summed E-state index contributed by atoms with van der Waals surface area (Å²) in [6.07, 6.45) is 3.09. The normalized spacial score (nSPS) is 10.1. The third-order valence-electron chi connectivity index (χ3n) is 1.93. The maximum absolute atomic E-state index is 10.3. The van der Waals surface area contributed by atoms with Crippen molar-refractivity contribution in [3.05, 3.63) is 28.5 Å². The van der Waals surface area contributed by atoms with Crippen molar-refractivity contribution in [1.82, 2.24) is 4.98 Å². The Morgan fingerprint density at radius 2 is 2.36 bits per heavy atom. The lowest BCUT2D eigenvalue weighted by Crippen LogP contribution is -1.97. The fraction of sp³-hybridized carbons (Fsp3) is 0.400. The van der Waals surface area contributed by atoms with Gasteiger partial charge in [-0.2, -0.15) is 0 Å². The molecular formula is C10H12ClNO2. The molecule has 1 N–H and O–H groups in total. The van der Waals surface area contributed by atoms with E-state index < -0.39 is 5.97 Å². The van der Waals surface area contributed by atoms with E-state index in [0.717, 1.165) is 11.3 Å². The number of aliphatic carboxylic acids is 1. The second-order valence-electron chi connectivity index (χ2n) is 3.17. The molecule has 0 amide bonds. The van der Waals surface area contributed by atoms with Gasteiger partial charge in [0, 0.05) is 18.3 Å². The predicted molar refractivity (Wildman–Crippen MR) is 54.6 cm³/mol. The lowest BCUT2D eigenvalue weighted by Gasteiger charge is -2.01. The van der Waals surface area contributed by atoms with E-state index in [2.05, 4.69) is 4.98 Å². The van der Waals surface area contributed by atoms with Crippen molar-refractivity contribution < 1.29 is 9.90 Å². The quantitative estimate of drug-likeness (QED) is 0.836. The zero-order valence-corrected chi connectivity index (χ0v) is 8.71. The second kappa shape index (κ2) is 4.96. The highest BCUT2D eigenvalue weighted by Crippen LogP contribution is 2.14. The van der Waals surface area contributed by atoms with Gasteiger partial charge in [0.05, 0.1) is 5.02 Å². The zero-order valence-electron chi connectivity index (χ0n) is 7.96. The van der Waals surface area contributed by atoms with Gasteiger partial charge in [-0.05, 0) is 31.4 Å². The predicted octanol–water partition coefficient (Wildman–Crippen LogP) is 2.45. The molecule has 1 aromatic rings. The summed E-state index contributed by atoms with van der Waals surface area (Å²) in [5.41, 5.74) is 1.88. The van der Waals surface area contributed by atoms with E-state index in [9.17, 15) is 4.79 Å². The van der Waals surface area contributed by atoms with Gasteiger partial charge in [-0.3, -0.25) is 9.78 Å². The minimum absolute atomic E-state index is 0.184. The monoisotopic (exact) mass is 213 g/mol. The molecule has 0 aliphatic heterocycles. The largest absolute Gasteiger partial charge is 0.481 e. The molecule has 1 rings (SSSR count). The highest BCUT2D eigenvalue weighted by Gasteiger charge is 2.01. The molecule has 0 spiro atoms. The van der Waals surface area contributed by atoms with Gasteiger partial charge in [0.25, 0.3) is 0 Å². The number of carboxylic acid groups (broad SMARTS) is 1. The zero-order chi connectivity index (χ0) is 10.6. The second-order valence-corrected chi connectivity index (χ2v) is 3.58. The molecule has 3 nitrogen and oxygen atoms in total. The van der Waals surface area contributed by atoms with Crippen LogP contribution in [0.4, 0.5) is 0 Å². The molecule has 0 aliphatic rings. The van der Waals surface area contributed by atoms with Crippen molar-refractivity contribution in [3.8, 4) is 0 Å². The van der Waals surface area contributed by atoms with Gasteiger partial charge in [0.15, 0.2) is 0 Å². The number of pyridine rings is 1. The molecule has 14 heavy (non-hydrogen) atoms. The molecule has 0 radical (unpaired) electrons. The van der Waals surface area contributed by atoms with Crippen LogP contribution in [0.2, 0.25) is 5.02 Å². The van der Waals surface area contributed by atoms with Gasteiger partial charge >= 0.3 is 5.97 Å². The molecule has 0 saturated heterocycles. The lowest BCUT2D eigenvalue weighted by atomic mass is 10.1. The van der Waals surface area contributed by atoms with Crippen molar-refractivity contribution in [2.75, 3.05) is 0 Å². The van der Waals surface area contributed by atoms with Crippen LogP contribution in [0.15, 0.2) is 12.3 Å². The van der Waals surface area contributed by atoms with Crippen molar-refractivity contribution in [2.45, 2.75) is 26.2 Å². The summed E-state index contributed by atoms with van der Waals surface area (Å²) in [5.74, 6) is -0.768. The Balaban J connectivity index is 2.51. The maximum atomic E-state index is 10.3. The average molecular weight is 214 g/mol. The lowest BCUT2D eigenvalue weighted by molar-refractivity contribution is -0.137. The summed E-state index contributed by atoms with van der Waals surface area (Å²) in [6.45, 7) is 1.91. The number of hydrogen-bond donors (Lipinski definition) is 1. The number of aromatic nitrogens is 1. The van der Waals surface area contributed by atoms with E-state index in [0.29, 0.717) is 17.9 Å². The van der Waals surface area contributed by atoms with Gasteiger partial charge in [-0.15, -0.1) is 0 Å². The van der Waals surface area contributed by atoms with Gasteiger partial charge in [-0.1, -0.05) is 11.6 Å². The summed E-state index contributed by atoms with van der Waals surface area (Å²) in [6, 6.07) is 1.89. The number of halogens is 1. The van der Waals surface area contributed by atoms with Gasteiger partial charge < -0.3 is 5.11 Å². The fourth-order valence-electron chi connectivity index (χ4n) is 1.15. The smallest absolute Gasteiger partial charge is 0.303 e. The first-order valence-electron chi connectivity index (χ1n) is 4.42. The molecule has 4 heteroatoms. The minimum Gasteiger partial charge on any atom is -0.481 e. The van der Waals surface area contributed by atoms with Crippen LogP contribution in [0.3, 0.4) is 0 Å². The van der Waals surface area contributed by atoms with E-state index >= 15 is 0 Å². The Kier molecular flexibility index (Phi) is 3.89. The summed E-state index contributed by atoms with van der Waals surface area (Å²) >= 11 is 5.81. The Labute approximate surface area is 87.7 Å². The number of aryl methyl sites for hydroxylation is 2. The number of carboxylic acids is 1. The van der Waals surface area contributed by atoms with Gasteiger partial charge in [0.1, 0.15) is 0 Å². The average Bonchev–Trinajstić information content (AvgIpc) is 2.10. The summed E-state index contributed by atoms with van der Waals surface area (Å²) < 4.78 is 0. The third kappa shape index (κ3) is 3.34. The summed E-state index contributed by atoms with van der Waals surface area (Å²) in [7, 11) is 0. The standard InChI is InChI=1S/C10H12ClNO2/c1-7-5-8(12-6-9(7)11)3-2-4-10(13)14/h5-6H,2-4H2,1H3,(H,13,14). The van der Waals surface area contributed by atoms with Crippen LogP contribution < -0.4 is 0 Å². The third-order valence-corrected chi connectivity index (χ3v) is 2.32. The number of hydrogen-bond acceptors (Lipinski definition) is 2. The molecule has 0 bridgehead atoms. The first-order valence-corrected chi connectivity index (χ1v) is 4.80. The molecule has 0 unspecified atom stereocenters. The van der Waals surface area contributed by atoms with Crippen molar-refractivity contribution in [3.63, 3.8) is 0 Å². The van der Waals surface area contributed by atoms with Crippen LogP contribution in [0, 0.1) is 6.92 Å². The van der Waals surface area contributed by atoms with Crippen LogP contribution in [0.5, 0.6) is 0 Å². The highest BCUT2D eigenvalue weighted by atomic mass is 35.5. The molecule has 0 aromatic carbocycles. The topological polar surface area (TPSA) is 50.2 Å².